The number of aryl methyl sites for hydroxylation is 2. The molecule has 3 N–H and O–H groups in total. The number of anilines is 1. The second kappa shape index (κ2) is 8.14. The Labute approximate surface area is 168 Å². The average molecular weight is 414 g/mol. The molecule has 0 saturated carbocycles. The number of hydrogen-bond acceptors (Lipinski definition) is 5. The monoisotopic (exact) mass is 413 g/mol. The molecule has 0 spiro atoms. The number of nitrogens with one attached hydrogen (secondary N) is 1. The summed E-state index contributed by atoms with van der Waals surface area (Å²) >= 11 is 1.38. The lowest BCUT2D eigenvalue weighted by Gasteiger charge is -2.11. The standard InChI is InChI=1S/C20H19N3O3S2/c1-13-5-9-16(10-6-13)27-20-17(4-3-11-22-20)19(24)23-15-8-7-14(2)18(12-15)28(21,25)26/h3-12H,1-2H3,(H,23,24)(H2,21,25,26). The molecule has 1 amide bonds. The molecule has 1 aromatic heterocycles. The average Bonchev–Trinajstić information content (AvgIpc) is 2.64. The molecule has 0 radical (unpaired) electrons. The number of benzene rings is 2. The van der Waals surface area contributed by atoms with Crippen LogP contribution in [0.1, 0.15) is 21.5 Å². The van der Waals surface area contributed by atoms with Gasteiger partial charge in [0.25, 0.3) is 5.91 Å². The first kappa shape index (κ1) is 20.1. The number of nitrogens with two attached hydrogens (primary N) is 1. The van der Waals surface area contributed by atoms with Crippen molar-refractivity contribution in [2.45, 2.75) is 28.7 Å². The molecule has 0 unspecified atom stereocenters. The van der Waals surface area contributed by atoms with Crippen LogP contribution in [-0.2, 0) is 10.0 Å². The van der Waals surface area contributed by atoms with Gasteiger partial charge >= 0.3 is 0 Å². The van der Waals surface area contributed by atoms with Crippen LogP contribution in [0, 0.1) is 13.8 Å². The summed E-state index contributed by atoms with van der Waals surface area (Å²) in [4.78, 5) is 18.0. The van der Waals surface area contributed by atoms with Crippen LogP contribution in [0.4, 0.5) is 5.69 Å². The molecule has 2 aromatic carbocycles. The van der Waals surface area contributed by atoms with Gasteiger partial charge in [-0.1, -0.05) is 35.5 Å². The van der Waals surface area contributed by atoms with E-state index in [-0.39, 0.29) is 10.8 Å². The van der Waals surface area contributed by atoms with Crippen molar-refractivity contribution < 1.29 is 13.2 Å². The van der Waals surface area contributed by atoms with Crippen LogP contribution in [-0.4, -0.2) is 19.3 Å². The van der Waals surface area contributed by atoms with Crippen molar-refractivity contribution in [2.24, 2.45) is 5.14 Å². The van der Waals surface area contributed by atoms with Gasteiger partial charge in [0.1, 0.15) is 5.03 Å². The van der Waals surface area contributed by atoms with Crippen molar-refractivity contribution >= 4 is 33.4 Å². The molecule has 0 aliphatic heterocycles. The lowest BCUT2D eigenvalue weighted by atomic mass is 10.2. The van der Waals surface area contributed by atoms with Gasteiger partial charge in [0.15, 0.2) is 0 Å². The first-order valence-corrected chi connectivity index (χ1v) is 10.7. The zero-order chi connectivity index (χ0) is 20.3. The zero-order valence-electron chi connectivity index (χ0n) is 15.3. The Morgan fingerprint density at radius 3 is 2.46 bits per heavy atom. The molecule has 28 heavy (non-hydrogen) atoms. The van der Waals surface area contributed by atoms with Crippen LogP contribution in [0.2, 0.25) is 0 Å². The number of carbonyl (C=O) groups excluding carboxylic acids is 1. The maximum atomic E-state index is 12.8. The van der Waals surface area contributed by atoms with Crippen LogP contribution < -0.4 is 10.5 Å². The van der Waals surface area contributed by atoms with Crippen LogP contribution in [0.25, 0.3) is 0 Å². The summed E-state index contributed by atoms with van der Waals surface area (Å²) in [5, 5.41) is 8.51. The molecule has 3 aromatic rings. The minimum Gasteiger partial charge on any atom is -0.322 e. The van der Waals surface area contributed by atoms with E-state index in [0.717, 1.165) is 10.5 Å². The Morgan fingerprint density at radius 2 is 1.79 bits per heavy atom. The Hall–Kier alpha value is -2.68. The molecule has 6 nitrogen and oxygen atoms in total. The summed E-state index contributed by atoms with van der Waals surface area (Å²) in [6.07, 6.45) is 1.62. The van der Waals surface area contributed by atoms with Gasteiger partial charge in [-0.05, 0) is 55.8 Å². The Kier molecular flexibility index (Phi) is 5.83. The SMILES string of the molecule is Cc1ccc(Sc2ncccc2C(=O)Nc2ccc(C)c(S(N)(=O)=O)c2)cc1. The van der Waals surface area contributed by atoms with E-state index in [4.69, 9.17) is 5.14 Å². The molecule has 0 bridgehead atoms. The molecule has 0 aliphatic carbocycles. The van der Waals surface area contributed by atoms with E-state index in [1.54, 1.807) is 37.4 Å². The smallest absolute Gasteiger partial charge is 0.258 e. The predicted octanol–water partition coefficient (Wildman–Crippen LogP) is 3.75. The summed E-state index contributed by atoms with van der Waals surface area (Å²) in [7, 11) is -3.88. The molecular weight excluding hydrogens is 394 g/mol. The van der Waals surface area contributed by atoms with Gasteiger partial charge in [0, 0.05) is 16.8 Å². The molecule has 144 valence electrons. The topological polar surface area (TPSA) is 102 Å². The third kappa shape index (κ3) is 4.78. The van der Waals surface area contributed by atoms with E-state index in [2.05, 4.69) is 10.3 Å². The first-order chi connectivity index (χ1) is 13.2. The van der Waals surface area contributed by atoms with Crippen molar-refractivity contribution in [3.05, 3.63) is 77.5 Å². The fraction of sp³-hybridized carbons (Fsp3) is 0.100. The molecule has 1 heterocycles. The molecule has 8 heteroatoms. The fourth-order valence-electron chi connectivity index (χ4n) is 2.55. The Morgan fingerprint density at radius 1 is 1.07 bits per heavy atom. The van der Waals surface area contributed by atoms with Gasteiger partial charge < -0.3 is 5.32 Å². The number of primary sulfonamides is 1. The van der Waals surface area contributed by atoms with E-state index < -0.39 is 10.0 Å². The predicted molar refractivity (Wildman–Crippen MR) is 110 cm³/mol. The van der Waals surface area contributed by atoms with Crippen molar-refractivity contribution in [3.63, 3.8) is 0 Å². The van der Waals surface area contributed by atoms with Gasteiger partial charge in [-0.25, -0.2) is 18.5 Å². The summed E-state index contributed by atoms with van der Waals surface area (Å²) in [6.45, 7) is 3.65. The van der Waals surface area contributed by atoms with Gasteiger partial charge in [0.05, 0.1) is 10.5 Å². The number of carbonyl (C=O) groups is 1. The number of hydrogen-bond donors (Lipinski definition) is 2. The molecular formula is C20H19N3O3S2. The van der Waals surface area contributed by atoms with Crippen molar-refractivity contribution in [2.75, 3.05) is 5.32 Å². The van der Waals surface area contributed by atoms with E-state index >= 15 is 0 Å². The van der Waals surface area contributed by atoms with Crippen molar-refractivity contribution in [1.29, 1.82) is 0 Å². The van der Waals surface area contributed by atoms with Crippen molar-refractivity contribution in [1.82, 2.24) is 4.98 Å². The Balaban J connectivity index is 1.87. The normalized spacial score (nSPS) is 11.2. The third-order valence-corrected chi connectivity index (χ3v) is 6.08. The zero-order valence-corrected chi connectivity index (χ0v) is 17.0. The molecule has 0 fully saturated rings. The van der Waals surface area contributed by atoms with E-state index in [1.807, 2.05) is 31.2 Å². The van der Waals surface area contributed by atoms with Gasteiger partial charge in [-0.3, -0.25) is 4.79 Å². The third-order valence-electron chi connectivity index (χ3n) is 4.00. The van der Waals surface area contributed by atoms with Gasteiger partial charge in [0.2, 0.25) is 10.0 Å². The summed E-state index contributed by atoms with van der Waals surface area (Å²) < 4.78 is 23.4. The number of nitrogens with zero attached hydrogens (tertiary/aromatic N) is 1. The molecule has 0 aliphatic rings. The summed E-state index contributed by atoms with van der Waals surface area (Å²) in [5.74, 6) is -0.382. The molecule has 3 rings (SSSR count). The van der Waals surface area contributed by atoms with E-state index in [9.17, 15) is 13.2 Å². The second-order valence-corrected chi connectivity index (χ2v) is 8.84. The minimum atomic E-state index is -3.88. The van der Waals surface area contributed by atoms with Gasteiger partial charge in [-0.15, -0.1) is 0 Å². The molecule has 0 saturated heterocycles. The van der Waals surface area contributed by atoms with Crippen LogP contribution in [0.15, 0.2) is 75.6 Å². The summed E-state index contributed by atoms with van der Waals surface area (Å²) in [6, 6.07) is 15.9. The quantitative estimate of drug-likeness (QED) is 0.663. The van der Waals surface area contributed by atoms with Crippen LogP contribution in [0.3, 0.4) is 0 Å². The summed E-state index contributed by atoms with van der Waals surface area (Å²) in [5.41, 5.74) is 2.39. The van der Waals surface area contributed by atoms with Crippen molar-refractivity contribution in [3.8, 4) is 0 Å². The highest BCUT2D eigenvalue weighted by molar-refractivity contribution is 7.99. The lowest BCUT2D eigenvalue weighted by Crippen LogP contribution is -2.16. The maximum absolute atomic E-state index is 12.8. The number of pyridine rings is 1. The highest BCUT2D eigenvalue weighted by Crippen LogP contribution is 2.29. The minimum absolute atomic E-state index is 0.0225. The highest BCUT2D eigenvalue weighted by Gasteiger charge is 2.16. The number of sulfonamides is 1. The number of amides is 1. The van der Waals surface area contributed by atoms with E-state index in [1.165, 1.54) is 17.8 Å². The number of aromatic nitrogens is 1. The largest absolute Gasteiger partial charge is 0.322 e. The van der Waals surface area contributed by atoms with Crippen LogP contribution in [0.5, 0.6) is 0 Å². The fourth-order valence-corrected chi connectivity index (χ4v) is 4.23. The first-order valence-electron chi connectivity index (χ1n) is 8.38. The number of rotatable bonds is 5. The Bertz CT molecular complexity index is 1130. The lowest BCUT2D eigenvalue weighted by molar-refractivity contribution is 0.102. The molecule has 0 atom stereocenters. The second-order valence-electron chi connectivity index (χ2n) is 6.25. The maximum Gasteiger partial charge on any atom is 0.258 e. The van der Waals surface area contributed by atoms with Crippen LogP contribution >= 0.6 is 11.8 Å². The van der Waals surface area contributed by atoms with Gasteiger partial charge in [-0.2, -0.15) is 0 Å². The highest BCUT2D eigenvalue weighted by atomic mass is 32.2. The van der Waals surface area contributed by atoms with E-state index in [0.29, 0.717) is 21.8 Å².